The summed E-state index contributed by atoms with van der Waals surface area (Å²) in [6, 6.07) is 10.8. The van der Waals surface area contributed by atoms with Crippen LogP contribution >= 0.6 is 0 Å². The van der Waals surface area contributed by atoms with Crippen molar-refractivity contribution in [1.82, 2.24) is 10.2 Å². The van der Waals surface area contributed by atoms with Gasteiger partial charge in [0.05, 0.1) is 11.6 Å². The lowest BCUT2D eigenvalue weighted by Crippen LogP contribution is -2.36. The first-order valence-corrected chi connectivity index (χ1v) is 6.77. The van der Waals surface area contributed by atoms with Crippen LogP contribution in [0.3, 0.4) is 0 Å². The van der Waals surface area contributed by atoms with E-state index in [1.54, 1.807) is 0 Å². The average molecular weight is 243 g/mol. The predicted octanol–water partition coefficient (Wildman–Crippen LogP) is 2.13. The standard InChI is InChI=1S/C15H21N3/c1-2-8-18(15-6-7-17-11-15)12-14-5-3-4-13(9-14)10-16/h3-5,9,15,17H,2,6-8,11-12H2,1H3. The maximum absolute atomic E-state index is 8.94. The van der Waals surface area contributed by atoms with Crippen molar-refractivity contribution < 1.29 is 0 Å². The minimum atomic E-state index is 0.649. The van der Waals surface area contributed by atoms with Gasteiger partial charge >= 0.3 is 0 Å². The van der Waals surface area contributed by atoms with E-state index in [1.165, 1.54) is 18.4 Å². The molecule has 2 rings (SSSR count). The molecule has 0 radical (unpaired) electrons. The fourth-order valence-electron chi connectivity index (χ4n) is 2.60. The first-order valence-electron chi connectivity index (χ1n) is 6.77. The molecule has 0 spiro atoms. The Morgan fingerprint density at radius 3 is 3.06 bits per heavy atom. The minimum Gasteiger partial charge on any atom is -0.315 e. The van der Waals surface area contributed by atoms with Gasteiger partial charge in [-0.25, -0.2) is 0 Å². The molecule has 0 aromatic heterocycles. The normalized spacial score (nSPS) is 19.1. The first kappa shape index (κ1) is 13.1. The fourth-order valence-corrected chi connectivity index (χ4v) is 2.60. The maximum Gasteiger partial charge on any atom is 0.0991 e. The van der Waals surface area contributed by atoms with E-state index in [2.05, 4.69) is 29.3 Å². The van der Waals surface area contributed by atoms with Crippen LogP contribution in [0, 0.1) is 11.3 Å². The molecule has 0 amide bonds. The molecule has 1 aliphatic heterocycles. The minimum absolute atomic E-state index is 0.649. The molecule has 1 aromatic rings. The Kier molecular flexibility index (Phi) is 4.74. The van der Waals surface area contributed by atoms with Gasteiger partial charge in [0.1, 0.15) is 0 Å². The molecule has 0 saturated carbocycles. The number of hydrogen-bond donors (Lipinski definition) is 1. The van der Waals surface area contributed by atoms with Gasteiger partial charge in [0, 0.05) is 19.1 Å². The van der Waals surface area contributed by atoms with Crippen molar-refractivity contribution in [3.8, 4) is 6.07 Å². The molecule has 1 fully saturated rings. The Hall–Kier alpha value is -1.37. The lowest BCUT2D eigenvalue weighted by atomic mass is 10.1. The Morgan fingerprint density at radius 2 is 2.39 bits per heavy atom. The highest BCUT2D eigenvalue weighted by Gasteiger charge is 2.21. The van der Waals surface area contributed by atoms with E-state index < -0.39 is 0 Å². The van der Waals surface area contributed by atoms with E-state index in [0.717, 1.165) is 31.7 Å². The van der Waals surface area contributed by atoms with Gasteiger partial charge in [0.2, 0.25) is 0 Å². The summed E-state index contributed by atoms with van der Waals surface area (Å²) < 4.78 is 0. The van der Waals surface area contributed by atoms with Gasteiger partial charge in [-0.2, -0.15) is 5.26 Å². The zero-order valence-electron chi connectivity index (χ0n) is 11.0. The highest BCUT2D eigenvalue weighted by Crippen LogP contribution is 2.14. The molecule has 1 unspecified atom stereocenters. The number of hydrogen-bond acceptors (Lipinski definition) is 3. The Labute approximate surface area is 109 Å². The fraction of sp³-hybridized carbons (Fsp3) is 0.533. The van der Waals surface area contributed by atoms with Gasteiger partial charge in [-0.1, -0.05) is 19.1 Å². The zero-order chi connectivity index (χ0) is 12.8. The third kappa shape index (κ3) is 3.32. The lowest BCUT2D eigenvalue weighted by molar-refractivity contribution is 0.199. The van der Waals surface area contributed by atoms with Gasteiger partial charge in [0.15, 0.2) is 0 Å². The van der Waals surface area contributed by atoms with E-state index in [4.69, 9.17) is 5.26 Å². The summed E-state index contributed by atoms with van der Waals surface area (Å²) in [5.41, 5.74) is 2.00. The largest absolute Gasteiger partial charge is 0.315 e. The Bertz CT molecular complexity index is 416. The molecule has 1 saturated heterocycles. The third-order valence-electron chi connectivity index (χ3n) is 3.50. The van der Waals surface area contributed by atoms with Crippen molar-refractivity contribution >= 4 is 0 Å². The summed E-state index contributed by atoms with van der Waals surface area (Å²) in [5.74, 6) is 0. The summed E-state index contributed by atoms with van der Waals surface area (Å²) in [6.07, 6.45) is 2.41. The van der Waals surface area contributed by atoms with Gasteiger partial charge < -0.3 is 5.32 Å². The summed E-state index contributed by atoms with van der Waals surface area (Å²) in [6.45, 7) is 6.53. The van der Waals surface area contributed by atoms with Gasteiger partial charge in [-0.05, 0) is 43.6 Å². The van der Waals surface area contributed by atoms with Gasteiger partial charge in [0.25, 0.3) is 0 Å². The van der Waals surface area contributed by atoms with Crippen LogP contribution in [0.1, 0.15) is 30.9 Å². The second-order valence-corrected chi connectivity index (χ2v) is 4.93. The number of nitrogens with zero attached hydrogens (tertiary/aromatic N) is 2. The van der Waals surface area contributed by atoms with E-state index in [0.29, 0.717) is 6.04 Å². The topological polar surface area (TPSA) is 39.1 Å². The molecule has 1 N–H and O–H groups in total. The molecule has 0 bridgehead atoms. The number of benzene rings is 1. The van der Waals surface area contributed by atoms with Crippen molar-refractivity contribution in [3.05, 3.63) is 35.4 Å². The van der Waals surface area contributed by atoms with E-state index in [-0.39, 0.29) is 0 Å². The molecule has 1 atom stereocenters. The summed E-state index contributed by atoms with van der Waals surface area (Å²) in [7, 11) is 0. The maximum atomic E-state index is 8.94. The number of nitriles is 1. The highest BCUT2D eigenvalue weighted by atomic mass is 15.2. The summed E-state index contributed by atoms with van der Waals surface area (Å²) in [4.78, 5) is 2.54. The quantitative estimate of drug-likeness (QED) is 0.861. The van der Waals surface area contributed by atoms with Crippen LogP contribution in [-0.4, -0.2) is 30.6 Å². The lowest BCUT2D eigenvalue weighted by Gasteiger charge is -2.28. The molecular formula is C15H21N3. The number of rotatable bonds is 5. The third-order valence-corrected chi connectivity index (χ3v) is 3.50. The van der Waals surface area contributed by atoms with Crippen molar-refractivity contribution in [2.45, 2.75) is 32.4 Å². The van der Waals surface area contributed by atoms with Crippen LogP contribution in [0.5, 0.6) is 0 Å². The van der Waals surface area contributed by atoms with Crippen molar-refractivity contribution in [2.24, 2.45) is 0 Å². The molecule has 96 valence electrons. The summed E-state index contributed by atoms with van der Waals surface area (Å²) in [5, 5.41) is 12.4. The highest BCUT2D eigenvalue weighted by molar-refractivity contribution is 5.32. The molecule has 1 aromatic carbocycles. The van der Waals surface area contributed by atoms with Crippen LogP contribution in [-0.2, 0) is 6.54 Å². The molecular weight excluding hydrogens is 222 g/mol. The Balaban J connectivity index is 2.05. The average Bonchev–Trinajstić information content (AvgIpc) is 2.92. The molecule has 18 heavy (non-hydrogen) atoms. The Morgan fingerprint density at radius 1 is 1.50 bits per heavy atom. The second kappa shape index (κ2) is 6.53. The molecule has 3 heteroatoms. The monoisotopic (exact) mass is 243 g/mol. The molecule has 1 heterocycles. The first-order chi connectivity index (χ1) is 8.83. The van der Waals surface area contributed by atoms with Gasteiger partial charge in [-0.15, -0.1) is 0 Å². The molecule has 1 aliphatic rings. The number of nitrogens with one attached hydrogen (secondary N) is 1. The van der Waals surface area contributed by atoms with Crippen molar-refractivity contribution in [3.63, 3.8) is 0 Å². The smallest absolute Gasteiger partial charge is 0.0991 e. The van der Waals surface area contributed by atoms with Crippen LogP contribution in [0.15, 0.2) is 24.3 Å². The predicted molar refractivity (Wildman–Crippen MR) is 73.1 cm³/mol. The van der Waals surface area contributed by atoms with Crippen LogP contribution in [0.4, 0.5) is 0 Å². The van der Waals surface area contributed by atoms with E-state index in [1.807, 2.05) is 18.2 Å². The van der Waals surface area contributed by atoms with Crippen LogP contribution in [0.2, 0.25) is 0 Å². The molecule has 3 nitrogen and oxygen atoms in total. The van der Waals surface area contributed by atoms with Gasteiger partial charge in [-0.3, -0.25) is 4.90 Å². The van der Waals surface area contributed by atoms with E-state index >= 15 is 0 Å². The van der Waals surface area contributed by atoms with Crippen LogP contribution < -0.4 is 5.32 Å². The zero-order valence-corrected chi connectivity index (χ0v) is 11.0. The van der Waals surface area contributed by atoms with Crippen molar-refractivity contribution in [2.75, 3.05) is 19.6 Å². The van der Waals surface area contributed by atoms with E-state index in [9.17, 15) is 0 Å². The summed E-state index contributed by atoms with van der Waals surface area (Å²) >= 11 is 0. The SMILES string of the molecule is CCCN(Cc1cccc(C#N)c1)C1CCNC1. The molecule has 0 aliphatic carbocycles. The van der Waals surface area contributed by atoms with Crippen LogP contribution in [0.25, 0.3) is 0 Å². The second-order valence-electron chi connectivity index (χ2n) is 4.93. The van der Waals surface area contributed by atoms with Crippen molar-refractivity contribution in [1.29, 1.82) is 5.26 Å².